The maximum atomic E-state index is 6.42. The van der Waals surface area contributed by atoms with Crippen LogP contribution >= 0.6 is 0 Å². The van der Waals surface area contributed by atoms with Crippen molar-refractivity contribution >= 4 is 5.76 Å². The lowest BCUT2D eigenvalue weighted by Crippen LogP contribution is -2.38. The second-order valence-electron chi connectivity index (χ2n) is 6.88. The molecule has 0 radical (unpaired) electrons. The molecule has 0 spiro atoms. The molecule has 1 nitrogen and oxygen atoms in total. The fraction of sp³-hybridized carbons (Fsp3) is 0.579. The molecule has 1 aliphatic heterocycles. The molecule has 0 bridgehead atoms. The van der Waals surface area contributed by atoms with Crippen molar-refractivity contribution in [2.75, 3.05) is 0 Å². The highest BCUT2D eigenvalue weighted by Gasteiger charge is 2.49. The highest BCUT2D eigenvalue weighted by molar-refractivity contribution is 5.74. The van der Waals surface area contributed by atoms with Gasteiger partial charge in [-0.25, -0.2) is 0 Å². The first-order valence-corrected chi connectivity index (χ1v) is 7.65. The zero-order valence-corrected chi connectivity index (χ0v) is 14.3. The zero-order valence-electron chi connectivity index (χ0n) is 14.3. The minimum atomic E-state index is -0.236. The average Bonchev–Trinajstić information content (AvgIpc) is 2.68. The van der Waals surface area contributed by atoms with E-state index in [0.29, 0.717) is 11.8 Å². The Morgan fingerprint density at radius 1 is 0.800 bits per heavy atom. The summed E-state index contributed by atoms with van der Waals surface area (Å²) in [5.74, 6) is 1.69. The minimum absolute atomic E-state index is 0.236. The Labute approximate surface area is 124 Å². The topological polar surface area (TPSA) is 9.23 Å². The summed E-state index contributed by atoms with van der Waals surface area (Å²) >= 11 is 0. The van der Waals surface area contributed by atoms with Gasteiger partial charge in [-0.1, -0.05) is 34.3 Å². The van der Waals surface area contributed by atoms with Gasteiger partial charge in [-0.2, -0.15) is 0 Å². The molecule has 0 amide bonds. The van der Waals surface area contributed by atoms with Crippen LogP contribution in [0.25, 0.3) is 5.76 Å². The molecule has 1 heterocycles. The molecule has 0 N–H and O–H groups in total. The van der Waals surface area contributed by atoms with Crippen LogP contribution in [-0.4, -0.2) is 0 Å². The largest absolute Gasteiger partial charge is 0.482 e. The summed E-state index contributed by atoms with van der Waals surface area (Å²) < 4.78 is 6.42. The van der Waals surface area contributed by atoms with Crippen LogP contribution in [0, 0.1) is 39.5 Å². The van der Waals surface area contributed by atoms with Gasteiger partial charge in [0.1, 0.15) is 11.4 Å². The first-order chi connectivity index (χ1) is 9.16. The van der Waals surface area contributed by atoms with Crippen molar-refractivity contribution in [1.29, 1.82) is 0 Å². The predicted octanol–water partition coefficient (Wildman–Crippen LogP) is 5.43. The Hall–Kier alpha value is -1.24. The number of ether oxygens (including phenoxy) is 1. The molecule has 1 aromatic carbocycles. The van der Waals surface area contributed by atoms with Gasteiger partial charge in [0.25, 0.3) is 0 Å². The monoisotopic (exact) mass is 272 g/mol. The van der Waals surface area contributed by atoms with E-state index in [2.05, 4.69) is 62.0 Å². The van der Waals surface area contributed by atoms with E-state index < -0.39 is 0 Å². The summed E-state index contributed by atoms with van der Waals surface area (Å²) in [5, 5.41) is 0. The lowest BCUT2D eigenvalue weighted by Gasteiger charge is -2.39. The fourth-order valence-electron chi connectivity index (χ4n) is 3.94. The Bertz CT molecular complexity index is 568. The average molecular weight is 272 g/mol. The Balaban J connectivity index is 2.92. The third-order valence-electron chi connectivity index (χ3n) is 5.36. The number of benzene rings is 1. The number of fused-ring (bicyclic) bond motifs is 1. The molecule has 1 aliphatic rings. The van der Waals surface area contributed by atoms with E-state index in [1.165, 1.54) is 33.4 Å². The van der Waals surface area contributed by atoms with Gasteiger partial charge in [0.05, 0.1) is 0 Å². The molecule has 110 valence electrons. The molecular formula is C19H28O. The molecule has 0 aliphatic carbocycles. The van der Waals surface area contributed by atoms with Gasteiger partial charge in [-0.15, -0.1) is 0 Å². The van der Waals surface area contributed by atoms with E-state index in [1.54, 1.807) is 0 Å². The number of rotatable bonds is 2. The van der Waals surface area contributed by atoms with Crippen LogP contribution in [-0.2, 0) is 10.3 Å². The van der Waals surface area contributed by atoms with E-state index in [1.807, 2.05) is 0 Å². The second kappa shape index (κ2) is 4.65. The van der Waals surface area contributed by atoms with Gasteiger partial charge in [0, 0.05) is 11.1 Å². The van der Waals surface area contributed by atoms with Crippen LogP contribution in [0.1, 0.15) is 61.1 Å². The van der Waals surface area contributed by atoms with E-state index >= 15 is 0 Å². The Kier molecular flexibility index (Phi) is 3.52. The third kappa shape index (κ3) is 1.68. The second-order valence-corrected chi connectivity index (χ2v) is 6.88. The summed E-state index contributed by atoms with van der Waals surface area (Å²) in [5.41, 5.74) is 7.88. The van der Waals surface area contributed by atoms with Crippen LogP contribution in [0.4, 0.5) is 0 Å². The highest BCUT2D eigenvalue weighted by Crippen LogP contribution is 2.54. The molecule has 1 aromatic rings. The van der Waals surface area contributed by atoms with Gasteiger partial charge < -0.3 is 4.74 Å². The van der Waals surface area contributed by atoms with Crippen LogP contribution in [0.15, 0.2) is 6.58 Å². The predicted molar refractivity (Wildman–Crippen MR) is 86.9 cm³/mol. The van der Waals surface area contributed by atoms with Gasteiger partial charge in [0.15, 0.2) is 0 Å². The van der Waals surface area contributed by atoms with Crippen molar-refractivity contribution < 1.29 is 4.74 Å². The van der Waals surface area contributed by atoms with Gasteiger partial charge in [-0.3, -0.25) is 0 Å². The SMILES string of the molecule is C=C1OC(C(C)C)(C(C)C)c2c(C)c(C)c(C)c(C)c21. The number of hydrogen-bond donors (Lipinski definition) is 0. The minimum Gasteiger partial charge on any atom is -0.482 e. The van der Waals surface area contributed by atoms with E-state index in [-0.39, 0.29) is 5.60 Å². The Morgan fingerprint density at radius 2 is 1.25 bits per heavy atom. The molecule has 0 fully saturated rings. The maximum Gasteiger partial charge on any atom is 0.139 e. The smallest absolute Gasteiger partial charge is 0.139 e. The number of hydrogen-bond acceptors (Lipinski definition) is 1. The summed E-state index contributed by atoms with van der Waals surface area (Å²) in [6, 6.07) is 0. The van der Waals surface area contributed by atoms with Crippen LogP contribution < -0.4 is 0 Å². The van der Waals surface area contributed by atoms with E-state index in [0.717, 1.165) is 5.76 Å². The quantitative estimate of drug-likeness (QED) is 0.697. The summed E-state index contributed by atoms with van der Waals surface area (Å²) in [7, 11) is 0. The fourth-order valence-corrected chi connectivity index (χ4v) is 3.94. The molecule has 0 atom stereocenters. The third-order valence-corrected chi connectivity index (χ3v) is 5.36. The van der Waals surface area contributed by atoms with Crippen LogP contribution in [0.2, 0.25) is 0 Å². The van der Waals surface area contributed by atoms with Crippen molar-refractivity contribution in [3.05, 3.63) is 40.0 Å². The maximum absolute atomic E-state index is 6.42. The first kappa shape index (κ1) is 15.2. The summed E-state index contributed by atoms with van der Waals surface area (Å²) in [4.78, 5) is 0. The molecular weight excluding hydrogens is 244 g/mol. The van der Waals surface area contributed by atoms with E-state index in [9.17, 15) is 0 Å². The summed E-state index contributed by atoms with van der Waals surface area (Å²) in [6.45, 7) is 22.1. The first-order valence-electron chi connectivity index (χ1n) is 7.65. The van der Waals surface area contributed by atoms with Gasteiger partial charge in [0.2, 0.25) is 0 Å². The van der Waals surface area contributed by atoms with Gasteiger partial charge >= 0.3 is 0 Å². The molecule has 2 rings (SSSR count). The van der Waals surface area contributed by atoms with Crippen molar-refractivity contribution in [3.8, 4) is 0 Å². The van der Waals surface area contributed by atoms with Crippen molar-refractivity contribution in [2.24, 2.45) is 11.8 Å². The van der Waals surface area contributed by atoms with Crippen molar-refractivity contribution in [1.82, 2.24) is 0 Å². The molecule has 1 heteroatoms. The zero-order chi connectivity index (χ0) is 15.4. The van der Waals surface area contributed by atoms with Crippen molar-refractivity contribution in [2.45, 2.75) is 61.0 Å². The van der Waals surface area contributed by atoms with Crippen LogP contribution in [0.5, 0.6) is 0 Å². The van der Waals surface area contributed by atoms with E-state index in [4.69, 9.17) is 4.74 Å². The molecule has 0 unspecified atom stereocenters. The lowest BCUT2D eigenvalue weighted by molar-refractivity contribution is -0.0384. The normalized spacial score (nSPS) is 16.8. The van der Waals surface area contributed by atoms with Crippen molar-refractivity contribution in [3.63, 3.8) is 0 Å². The van der Waals surface area contributed by atoms with Crippen LogP contribution in [0.3, 0.4) is 0 Å². The lowest BCUT2D eigenvalue weighted by atomic mass is 9.71. The highest BCUT2D eigenvalue weighted by atomic mass is 16.5. The molecule has 20 heavy (non-hydrogen) atoms. The standard InChI is InChI=1S/C19H28O/c1-10(2)19(11(3)4)18-15(8)13(6)12(5)14(7)17(18)16(9)20-19/h10-11H,9H2,1-8H3. The summed E-state index contributed by atoms with van der Waals surface area (Å²) in [6.07, 6.45) is 0. The molecule has 0 saturated heterocycles. The van der Waals surface area contributed by atoms with Gasteiger partial charge in [-0.05, 0) is 61.8 Å². The molecule has 0 saturated carbocycles. The Morgan fingerprint density at radius 3 is 1.70 bits per heavy atom. The molecule has 0 aromatic heterocycles.